The lowest BCUT2D eigenvalue weighted by atomic mass is 9.93. The molecule has 6 N–H and O–H groups in total. The van der Waals surface area contributed by atoms with Crippen LogP contribution in [0.1, 0.15) is 6.42 Å². The van der Waals surface area contributed by atoms with Crippen molar-refractivity contribution in [1.82, 2.24) is 5.32 Å². The average Bonchev–Trinajstić information content (AvgIpc) is 3.05. The Morgan fingerprint density at radius 1 is 0.932 bits per heavy atom. The van der Waals surface area contributed by atoms with Gasteiger partial charge in [0.15, 0.2) is 0 Å². The van der Waals surface area contributed by atoms with Crippen LogP contribution in [0.15, 0.2) is 95.9 Å². The molecule has 0 aliphatic heterocycles. The third kappa shape index (κ3) is 7.25. The van der Waals surface area contributed by atoms with Crippen LogP contribution in [-0.2, 0) is 20.6 Å². The summed E-state index contributed by atoms with van der Waals surface area (Å²) in [4.78, 5) is 20.3. The molecule has 0 spiro atoms. The fourth-order valence-electron chi connectivity index (χ4n) is 4.66. The summed E-state index contributed by atoms with van der Waals surface area (Å²) >= 11 is 0. The third-order valence-electron chi connectivity index (χ3n) is 6.85. The van der Waals surface area contributed by atoms with Crippen LogP contribution in [0.3, 0.4) is 0 Å². The van der Waals surface area contributed by atoms with Gasteiger partial charge < -0.3 is 35.5 Å². The van der Waals surface area contributed by atoms with Crippen molar-refractivity contribution in [2.45, 2.75) is 17.4 Å². The molecule has 0 heterocycles. The number of carboxylic acid groups (broad SMARTS) is 1. The summed E-state index contributed by atoms with van der Waals surface area (Å²) in [7, 11) is 1.70. The van der Waals surface area contributed by atoms with E-state index in [0.29, 0.717) is 46.2 Å². The van der Waals surface area contributed by atoms with Gasteiger partial charge in [0.1, 0.15) is 34.3 Å². The molecule has 5 aromatic carbocycles. The van der Waals surface area contributed by atoms with Gasteiger partial charge in [-0.25, -0.2) is 4.21 Å². The van der Waals surface area contributed by atoms with Crippen LogP contribution in [0.25, 0.3) is 32.7 Å². The van der Waals surface area contributed by atoms with Crippen molar-refractivity contribution < 1.29 is 33.5 Å². The molecule has 0 aromatic heterocycles. The number of carboxylic acids is 1. The summed E-state index contributed by atoms with van der Waals surface area (Å²) in [5, 5.41) is 25.1. The number of anilines is 1. The molecule has 1 amide bonds. The van der Waals surface area contributed by atoms with Crippen LogP contribution < -0.4 is 25.2 Å². The number of hydrogen-bond donors (Lipinski definition) is 5. The summed E-state index contributed by atoms with van der Waals surface area (Å²) in [5.74, 6) is 0.439. The molecule has 5 aromatic rings. The maximum absolute atomic E-state index is 13.2. The molecule has 5 rings (SSSR count). The number of fused-ring (bicyclic) bond motifs is 2. The van der Waals surface area contributed by atoms with Gasteiger partial charge in [-0.3, -0.25) is 9.59 Å². The van der Waals surface area contributed by atoms with Gasteiger partial charge in [-0.05, 0) is 53.6 Å². The zero-order valence-electron chi connectivity index (χ0n) is 24.2. The second-order valence-electron chi connectivity index (χ2n) is 9.58. The summed E-state index contributed by atoms with van der Waals surface area (Å²) in [6, 6.07) is 27.3. The van der Waals surface area contributed by atoms with Crippen molar-refractivity contribution in [1.29, 1.82) is 0 Å². The summed E-state index contributed by atoms with van der Waals surface area (Å²) in [6.45, 7) is 0.303. The number of ether oxygens (including phenoxy) is 2. The van der Waals surface area contributed by atoms with Crippen molar-refractivity contribution >= 4 is 50.6 Å². The monoisotopic (exact) mass is 615 g/mol. The van der Waals surface area contributed by atoms with E-state index in [9.17, 15) is 18.9 Å². The molecule has 2 atom stereocenters. The standard InChI is InChI=1S/C28H23NO4S.C5H10N2O3/c1-32-19-12-14-20(15-13-19)34(31)29-25-17-24(28(33-2)23-10-6-5-9-22(23)25)27-21-8-4-3-7-18(21)11-16-26(27)30;6-4(5(9)10)1-2-7-3-8/h3-17,29-30H,1-2H3;3-4H,1-2,6H2,(H,7,8)(H,9,10). The van der Waals surface area contributed by atoms with Gasteiger partial charge in [-0.2, -0.15) is 0 Å². The Hall–Kier alpha value is -5.13. The van der Waals surface area contributed by atoms with Gasteiger partial charge in [0.25, 0.3) is 0 Å². The first-order valence-electron chi connectivity index (χ1n) is 13.6. The Morgan fingerprint density at radius 2 is 1.59 bits per heavy atom. The van der Waals surface area contributed by atoms with Crippen LogP contribution in [0.4, 0.5) is 5.69 Å². The van der Waals surface area contributed by atoms with Crippen LogP contribution >= 0.6 is 0 Å². The minimum absolute atomic E-state index is 0.148. The number of phenolic OH excluding ortho intramolecular Hbond substituents is 1. The molecular formula is C33H33N3O7S. The molecule has 10 nitrogen and oxygen atoms in total. The first-order valence-corrected chi connectivity index (χ1v) is 14.7. The van der Waals surface area contributed by atoms with Crippen LogP contribution in [-0.4, -0.2) is 53.6 Å². The molecule has 0 bridgehead atoms. The number of aromatic hydroxyl groups is 1. The lowest BCUT2D eigenvalue weighted by molar-refractivity contribution is -0.138. The molecule has 0 saturated heterocycles. The predicted octanol–water partition coefficient (Wildman–Crippen LogP) is 5.05. The summed E-state index contributed by atoms with van der Waals surface area (Å²) in [5.41, 5.74) is 7.15. The number of rotatable bonds is 11. The number of hydrogen-bond acceptors (Lipinski definition) is 7. The Labute approximate surface area is 257 Å². The molecular weight excluding hydrogens is 582 g/mol. The molecule has 11 heteroatoms. The number of benzene rings is 5. The number of nitrogens with two attached hydrogens (primary N) is 1. The molecule has 0 aliphatic carbocycles. The van der Waals surface area contributed by atoms with E-state index in [1.807, 2.05) is 60.7 Å². The molecule has 228 valence electrons. The molecule has 44 heavy (non-hydrogen) atoms. The average molecular weight is 616 g/mol. The highest BCUT2D eigenvalue weighted by atomic mass is 32.2. The number of carbonyl (C=O) groups excluding carboxylic acids is 1. The van der Waals surface area contributed by atoms with E-state index in [-0.39, 0.29) is 12.2 Å². The van der Waals surface area contributed by atoms with E-state index in [1.54, 1.807) is 44.6 Å². The predicted molar refractivity (Wildman–Crippen MR) is 172 cm³/mol. The van der Waals surface area contributed by atoms with Gasteiger partial charge in [-0.15, -0.1) is 0 Å². The van der Waals surface area contributed by atoms with Gasteiger partial charge in [0.2, 0.25) is 6.41 Å². The fourth-order valence-corrected chi connectivity index (χ4v) is 5.53. The van der Waals surface area contributed by atoms with Crippen molar-refractivity contribution in [3.63, 3.8) is 0 Å². The number of amides is 1. The molecule has 0 fully saturated rings. The lowest BCUT2D eigenvalue weighted by Gasteiger charge is -2.18. The number of methoxy groups -OCH3 is 2. The zero-order chi connectivity index (χ0) is 31.6. The van der Waals surface area contributed by atoms with Crippen molar-refractivity contribution in [2.24, 2.45) is 5.73 Å². The van der Waals surface area contributed by atoms with Gasteiger partial charge in [-0.1, -0.05) is 54.6 Å². The lowest BCUT2D eigenvalue weighted by Crippen LogP contribution is -2.33. The van der Waals surface area contributed by atoms with Crippen molar-refractivity contribution in [3.05, 3.63) is 91.0 Å². The van der Waals surface area contributed by atoms with Crippen LogP contribution in [0.2, 0.25) is 0 Å². The highest BCUT2D eigenvalue weighted by molar-refractivity contribution is 7.86. The highest BCUT2D eigenvalue weighted by Gasteiger charge is 2.20. The zero-order valence-corrected chi connectivity index (χ0v) is 25.0. The van der Waals surface area contributed by atoms with E-state index < -0.39 is 23.0 Å². The van der Waals surface area contributed by atoms with E-state index >= 15 is 0 Å². The van der Waals surface area contributed by atoms with Gasteiger partial charge in [0, 0.05) is 28.4 Å². The maximum atomic E-state index is 13.2. The largest absolute Gasteiger partial charge is 0.507 e. The Balaban J connectivity index is 0.000000382. The van der Waals surface area contributed by atoms with Crippen LogP contribution in [0, 0.1) is 0 Å². The summed E-state index contributed by atoms with van der Waals surface area (Å²) in [6.07, 6.45) is 0.767. The molecule has 0 aliphatic rings. The van der Waals surface area contributed by atoms with Crippen LogP contribution in [0.5, 0.6) is 17.2 Å². The van der Waals surface area contributed by atoms with Crippen molar-refractivity contribution in [3.8, 4) is 28.4 Å². The smallest absolute Gasteiger partial charge is 0.320 e. The number of aliphatic carboxylic acids is 1. The van der Waals surface area contributed by atoms with Gasteiger partial charge in [0.05, 0.1) is 24.8 Å². The number of carbonyl (C=O) groups is 2. The molecule has 2 unspecified atom stereocenters. The van der Waals surface area contributed by atoms with E-state index in [4.69, 9.17) is 20.3 Å². The normalized spacial score (nSPS) is 12.0. The van der Waals surface area contributed by atoms with Gasteiger partial charge >= 0.3 is 5.97 Å². The third-order valence-corrected chi connectivity index (χ3v) is 7.96. The van der Waals surface area contributed by atoms with Crippen molar-refractivity contribution in [2.75, 3.05) is 25.5 Å². The second-order valence-corrected chi connectivity index (χ2v) is 10.8. The quantitative estimate of drug-likeness (QED) is 0.102. The highest BCUT2D eigenvalue weighted by Crippen LogP contribution is 2.46. The second kappa shape index (κ2) is 14.9. The number of nitrogens with one attached hydrogen (secondary N) is 2. The Kier molecular flexibility index (Phi) is 10.7. The van der Waals surface area contributed by atoms with E-state index in [1.165, 1.54) is 0 Å². The SMILES string of the molecule is COc1ccc(S(=O)Nc2cc(-c3c(O)ccc4ccccc34)c(OC)c3ccccc23)cc1.NC(CCNC=O)C(=O)O. The first-order chi connectivity index (χ1) is 21.3. The topological polar surface area (TPSA) is 160 Å². The van der Waals surface area contributed by atoms with E-state index in [0.717, 1.165) is 21.5 Å². The van der Waals surface area contributed by atoms with E-state index in [2.05, 4.69) is 10.0 Å². The number of phenols is 1. The maximum Gasteiger partial charge on any atom is 0.320 e. The minimum atomic E-state index is -1.52. The molecule has 0 radical (unpaired) electrons. The molecule has 0 saturated carbocycles. The Morgan fingerprint density at radius 3 is 2.23 bits per heavy atom. The minimum Gasteiger partial charge on any atom is -0.507 e. The summed E-state index contributed by atoms with van der Waals surface area (Å²) < 4.78 is 27.4. The Bertz CT molecular complexity index is 1790. The fraction of sp³-hybridized carbons (Fsp3) is 0.152. The first kappa shape index (κ1) is 31.8.